The average Bonchev–Trinajstić information content (AvgIpc) is 2.92. The lowest BCUT2D eigenvalue weighted by Crippen LogP contribution is -2.21. The molecule has 0 unspecified atom stereocenters. The number of carbonyl (C=O) groups excluding carboxylic acids is 1. The highest BCUT2D eigenvalue weighted by Gasteiger charge is 2.26. The molecule has 0 spiro atoms. The molecule has 2 aromatic rings. The zero-order valence-corrected chi connectivity index (χ0v) is 16.9. The first-order valence-corrected chi connectivity index (χ1v) is 9.63. The lowest BCUT2D eigenvalue weighted by atomic mass is 9.83. The monoisotopic (exact) mass is 402 g/mol. The van der Waals surface area contributed by atoms with Gasteiger partial charge in [0.25, 0.3) is 5.91 Å². The lowest BCUT2D eigenvalue weighted by Gasteiger charge is -2.25. The number of fused-ring (bicyclic) bond motifs is 1. The summed E-state index contributed by atoms with van der Waals surface area (Å²) < 4.78 is 11.4. The molecule has 150 valence electrons. The highest BCUT2D eigenvalue weighted by molar-refractivity contribution is 5.98. The molecule has 1 fully saturated rings. The van der Waals surface area contributed by atoms with E-state index in [-0.39, 0.29) is 18.3 Å². The van der Waals surface area contributed by atoms with E-state index in [0.717, 1.165) is 48.6 Å². The summed E-state index contributed by atoms with van der Waals surface area (Å²) in [6.45, 7) is 3.29. The molecule has 2 aliphatic rings. The van der Waals surface area contributed by atoms with Gasteiger partial charge in [-0.25, -0.2) is 0 Å². The van der Waals surface area contributed by atoms with Crippen molar-refractivity contribution in [3.63, 3.8) is 0 Å². The van der Waals surface area contributed by atoms with Crippen LogP contribution in [0, 0.1) is 5.92 Å². The molecule has 6 heteroatoms. The van der Waals surface area contributed by atoms with Crippen molar-refractivity contribution >= 4 is 18.3 Å². The van der Waals surface area contributed by atoms with E-state index in [1.54, 1.807) is 7.11 Å². The van der Waals surface area contributed by atoms with Crippen molar-refractivity contribution in [3.8, 4) is 11.5 Å². The third kappa shape index (κ3) is 4.42. The Kier molecular flexibility index (Phi) is 6.81. The minimum atomic E-state index is -0.00905. The predicted molar refractivity (Wildman–Crippen MR) is 112 cm³/mol. The minimum Gasteiger partial charge on any atom is -0.497 e. The number of nitrogens with one attached hydrogen (secondary N) is 2. The van der Waals surface area contributed by atoms with E-state index in [1.807, 2.05) is 30.3 Å². The van der Waals surface area contributed by atoms with E-state index in [4.69, 9.17) is 9.47 Å². The van der Waals surface area contributed by atoms with Gasteiger partial charge in [-0.15, -0.1) is 12.4 Å². The molecular formula is C22H27ClN2O3. The van der Waals surface area contributed by atoms with Gasteiger partial charge in [0.1, 0.15) is 11.5 Å². The molecule has 1 amide bonds. The molecule has 28 heavy (non-hydrogen) atoms. The summed E-state index contributed by atoms with van der Waals surface area (Å²) in [7, 11) is 1.69. The van der Waals surface area contributed by atoms with Crippen molar-refractivity contribution in [2.75, 3.05) is 26.8 Å². The minimum absolute atomic E-state index is 0. The maximum atomic E-state index is 11.9. The molecule has 2 atom stereocenters. The highest BCUT2D eigenvalue weighted by Crippen LogP contribution is 2.33. The van der Waals surface area contributed by atoms with E-state index in [0.29, 0.717) is 25.0 Å². The van der Waals surface area contributed by atoms with Crippen LogP contribution >= 0.6 is 12.4 Å². The lowest BCUT2D eigenvalue weighted by molar-refractivity contribution is 0.0965. The van der Waals surface area contributed by atoms with Crippen molar-refractivity contribution in [1.82, 2.24) is 10.6 Å². The smallest absolute Gasteiger partial charge is 0.252 e. The normalized spacial score (nSPS) is 21.1. The summed E-state index contributed by atoms with van der Waals surface area (Å²) in [6, 6.07) is 14.2. The summed E-state index contributed by atoms with van der Waals surface area (Å²) in [5, 5.41) is 6.36. The molecule has 0 aromatic heterocycles. The quantitative estimate of drug-likeness (QED) is 0.803. The van der Waals surface area contributed by atoms with Crippen LogP contribution in [-0.4, -0.2) is 32.7 Å². The molecule has 4 rings (SSSR count). The van der Waals surface area contributed by atoms with Crippen LogP contribution in [0.4, 0.5) is 0 Å². The number of ether oxygens (including phenoxy) is 2. The van der Waals surface area contributed by atoms with Crippen LogP contribution in [0.5, 0.6) is 11.5 Å². The van der Waals surface area contributed by atoms with Gasteiger partial charge in [0.15, 0.2) is 0 Å². The second-order valence-electron chi connectivity index (χ2n) is 7.28. The highest BCUT2D eigenvalue weighted by atomic mass is 35.5. The number of rotatable bonds is 5. The topological polar surface area (TPSA) is 59.6 Å². The van der Waals surface area contributed by atoms with Crippen LogP contribution in [0.15, 0.2) is 42.5 Å². The van der Waals surface area contributed by atoms with Crippen LogP contribution in [0.25, 0.3) is 0 Å². The first-order chi connectivity index (χ1) is 13.2. The number of hydrogen-bond acceptors (Lipinski definition) is 4. The van der Waals surface area contributed by atoms with Gasteiger partial charge >= 0.3 is 0 Å². The first kappa shape index (κ1) is 20.5. The third-order valence-corrected chi connectivity index (χ3v) is 5.67. The van der Waals surface area contributed by atoms with Gasteiger partial charge in [0.05, 0.1) is 13.7 Å². The van der Waals surface area contributed by atoms with Gasteiger partial charge in [-0.3, -0.25) is 4.79 Å². The van der Waals surface area contributed by atoms with Crippen LogP contribution in [0.1, 0.15) is 40.2 Å². The summed E-state index contributed by atoms with van der Waals surface area (Å²) in [4.78, 5) is 11.9. The Hall–Kier alpha value is -2.24. The maximum absolute atomic E-state index is 11.9. The second-order valence-corrected chi connectivity index (χ2v) is 7.28. The predicted octanol–water partition coefficient (Wildman–Crippen LogP) is 3.52. The van der Waals surface area contributed by atoms with Crippen LogP contribution in [0.3, 0.4) is 0 Å². The number of benzene rings is 2. The summed E-state index contributed by atoms with van der Waals surface area (Å²) in [6.07, 6.45) is 2.16. The van der Waals surface area contributed by atoms with Gasteiger partial charge < -0.3 is 20.1 Å². The van der Waals surface area contributed by atoms with Gasteiger partial charge in [-0.05, 0) is 67.2 Å². The Labute approximate surface area is 172 Å². The molecule has 0 saturated carbocycles. The fraction of sp³-hybridized carbons (Fsp3) is 0.409. The number of carbonyl (C=O) groups is 1. The van der Waals surface area contributed by atoms with Gasteiger partial charge in [0.2, 0.25) is 0 Å². The Bertz CT molecular complexity index is 810. The van der Waals surface area contributed by atoms with E-state index < -0.39 is 0 Å². The second kappa shape index (κ2) is 9.30. The largest absolute Gasteiger partial charge is 0.497 e. The Morgan fingerprint density at radius 1 is 1.04 bits per heavy atom. The Balaban J connectivity index is 0.00000225. The maximum Gasteiger partial charge on any atom is 0.252 e. The Morgan fingerprint density at radius 3 is 2.57 bits per heavy atom. The summed E-state index contributed by atoms with van der Waals surface area (Å²) >= 11 is 0. The van der Waals surface area contributed by atoms with Crippen LogP contribution < -0.4 is 20.1 Å². The van der Waals surface area contributed by atoms with Crippen molar-refractivity contribution in [2.45, 2.75) is 25.3 Å². The summed E-state index contributed by atoms with van der Waals surface area (Å²) in [5.74, 6) is 2.52. The van der Waals surface area contributed by atoms with E-state index in [1.165, 1.54) is 5.56 Å². The van der Waals surface area contributed by atoms with Crippen LogP contribution in [0.2, 0.25) is 0 Å². The molecule has 0 aliphatic carbocycles. The zero-order valence-electron chi connectivity index (χ0n) is 16.1. The zero-order chi connectivity index (χ0) is 18.6. The number of halogens is 1. The van der Waals surface area contributed by atoms with E-state index in [9.17, 15) is 4.79 Å². The molecule has 0 radical (unpaired) electrons. The van der Waals surface area contributed by atoms with Crippen molar-refractivity contribution in [2.24, 2.45) is 5.92 Å². The average molecular weight is 403 g/mol. The van der Waals surface area contributed by atoms with Gasteiger partial charge in [-0.1, -0.05) is 18.2 Å². The SMILES string of the molecule is COc1ccc([C@H]2CCNCC[C@@H]2COc2ccc3c(c2)C(=O)NC3)cc1.Cl. The molecule has 2 aliphatic heterocycles. The third-order valence-electron chi connectivity index (χ3n) is 5.67. The van der Waals surface area contributed by atoms with Crippen molar-refractivity contribution in [1.29, 1.82) is 0 Å². The molecule has 2 aromatic carbocycles. The molecular weight excluding hydrogens is 376 g/mol. The molecule has 1 saturated heterocycles. The summed E-state index contributed by atoms with van der Waals surface area (Å²) in [5.41, 5.74) is 3.12. The first-order valence-electron chi connectivity index (χ1n) is 9.63. The standard InChI is InChI=1S/C22H26N2O3.ClH/c1-26-18-5-2-15(3-6-18)20-9-11-23-10-8-17(20)14-27-19-7-4-16-13-24-22(25)21(16)12-19;/h2-7,12,17,20,23H,8-11,13-14H2,1H3,(H,24,25);1H/t17-,20-;/m1./s1. The van der Waals surface area contributed by atoms with Crippen molar-refractivity contribution < 1.29 is 14.3 Å². The van der Waals surface area contributed by atoms with Crippen LogP contribution in [-0.2, 0) is 6.54 Å². The van der Waals surface area contributed by atoms with E-state index >= 15 is 0 Å². The molecule has 5 nitrogen and oxygen atoms in total. The fourth-order valence-electron chi connectivity index (χ4n) is 4.08. The molecule has 0 bridgehead atoms. The number of methoxy groups -OCH3 is 1. The molecule has 2 N–H and O–H groups in total. The number of hydrogen-bond donors (Lipinski definition) is 2. The molecule has 2 heterocycles. The number of amides is 1. The van der Waals surface area contributed by atoms with Gasteiger partial charge in [0, 0.05) is 18.0 Å². The van der Waals surface area contributed by atoms with E-state index in [2.05, 4.69) is 22.8 Å². The van der Waals surface area contributed by atoms with Crippen molar-refractivity contribution in [3.05, 3.63) is 59.2 Å². The Morgan fingerprint density at radius 2 is 1.79 bits per heavy atom. The van der Waals surface area contributed by atoms with Gasteiger partial charge in [-0.2, -0.15) is 0 Å². The fourth-order valence-corrected chi connectivity index (χ4v) is 4.08.